The molecule has 170 valence electrons. The van der Waals surface area contributed by atoms with E-state index in [1.54, 1.807) is 42.5 Å². The molecule has 1 N–H and O–H groups in total. The Morgan fingerprint density at radius 3 is 2.24 bits per heavy atom. The molecule has 0 radical (unpaired) electrons. The molecule has 4 aromatic rings. The van der Waals surface area contributed by atoms with Crippen LogP contribution in [0.3, 0.4) is 0 Å². The van der Waals surface area contributed by atoms with Gasteiger partial charge >= 0.3 is 0 Å². The second-order valence-corrected chi connectivity index (χ2v) is 8.71. The van der Waals surface area contributed by atoms with Gasteiger partial charge in [-0.3, -0.25) is 9.59 Å². The molecule has 3 aromatic carbocycles. The molecule has 0 saturated carbocycles. The molecule has 7 heteroatoms. The van der Waals surface area contributed by atoms with Gasteiger partial charge in [-0.1, -0.05) is 54.1 Å². The van der Waals surface area contributed by atoms with Crippen molar-refractivity contribution in [2.75, 3.05) is 23.3 Å². The number of anilines is 2. The molecule has 0 atom stereocenters. The van der Waals surface area contributed by atoms with Crippen molar-refractivity contribution in [1.29, 1.82) is 0 Å². The Bertz CT molecular complexity index is 1370. The monoisotopic (exact) mass is 470 g/mol. The number of hydrogen-bond donors (Lipinski definition) is 1. The van der Waals surface area contributed by atoms with Crippen LogP contribution in [0.15, 0.2) is 72.8 Å². The minimum Gasteiger partial charge on any atom is -0.355 e. The standard InChI is InChI=1S/C27H23ClN4O2/c28-19-13-14-21(20(17-19)25(33)18-9-3-1-4-10-18)31-27(34)24-26(32-15-7-2-8-16-32)30-23-12-6-5-11-22(23)29-24/h1,3-6,9-14,17H,2,7-8,15-16H2,(H,31,34). The fourth-order valence-electron chi connectivity index (χ4n) is 4.21. The van der Waals surface area contributed by atoms with Crippen molar-refractivity contribution in [1.82, 2.24) is 9.97 Å². The van der Waals surface area contributed by atoms with Gasteiger partial charge in [0.1, 0.15) is 0 Å². The number of piperidine rings is 1. The predicted octanol–water partition coefficient (Wildman–Crippen LogP) is 5.76. The van der Waals surface area contributed by atoms with Crippen molar-refractivity contribution in [2.24, 2.45) is 0 Å². The second kappa shape index (κ2) is 9.61. The summed E-state index contributed by atoms with van der Waals surface area (Å²) in [5.74, 6) is -0.0664. The third-order valence-corrected chi connectivity index (χ3v) is 6.17. The van der Waals surface area contributed by atoms with Crippen molar-refractivity contribution in [2.45, 2.75) is 19.3 Å². The van der Waals surface area contributed by atoms with Crippen LogP contribution in [-0.4, -0.2) is 34.7 Å². The molecule has 6 nitrogen and oxygen atoms in total. The number of halogens is 1. The Hall–Kier alpha value is -3.77. The van der Waals surface area contributed by atoms with Crippen LogP contribution >= 0.6 is 11.6 Å². The molecular formula is C27H23ClN4O2. The number of nitrogens with one attached hydrogen (secondary N) is 1. The Kier molecular flexibility index (Phi) is 6.23. The molecule has 1 saturated heterocycles. The fourth-order valence-corrected chi connectivity index (χ4v) is 4.38. The lowest BCUT2D eigenvalue weighted by Crippen LogP contribution is -2.33. The molecule has 0 spiro atoms. The molecule has 1 amide bonds. The van der Waals surface area contributed by atoms with Gasteiger partial charge in [0.25, 0.3) is 5.91 Å². The largest absolute Gasteiger partial charge is 0.355 e. The zero-order valence-electron chi connectivity index (χ0n) is 18.5. The van der Waals surface area contributed by atoms with Crippen molar-refractivity contribution in [3.63, 3.8) is 0 Å². The Morgan fingerprint density at radius 2 is 1.50 bits per heavy atom. The van der Waals surface area contributed by atoms with Gasteiger partial charge in [-0.05, 0) is 49.6 Å². The van der Waals surface area contributed by atoms with Gasteiger partial charge in [0.15, 0.2) is 17.3 Å². The highest BCUT2D eigenvalue weighted by molar-refractivity contribution is 6.31. The predicted molar refractivity (Wildman–Crippen MR) is 135 cm³/mol. The normalized spacial score (nSPS) is 13.6. The number of ketones is 1. The smallest absolute Gasteiger partial charge is 0.278 e. The summed E-state index contributed by atoms with van der Waals surface area (Å²) >= 11 is 6.20. The molecule has 1 fully saturated rings. The minimum absolute atomic E-state index is 0.223. The van der Waals surface area contributed by atoms with E-state index in [1.165, 1.54) is 0 Å². The lowest BCUT2D eigenvalue weighted by Gasteiger charge is -2.29. The van der Waals surface area contributed by atoms with Gasteiger partial charge in [-0.15, -0.1) is 0 Å². The maximum atomic E-state index is 13.5. The Balaban J connectivity index is 1.54. The number of hydrogen-bond acceptors (Lipinski definition) is 5. The van der Waals surface area contributed by atoms with Crippen LogP contribution in [-0.2, 0) is 0 Å². The van der Waals surface area contributed by atoms with Crippen LogP contribution in [0.2, 0.25) is 5.02 Å². The van der Waals surface area contributed by atoms with Gasteiger partial charge in [0, 0.05) is 29.2 Å². The van der Waals surface area contributed by atoms with E-state index in [2.05, 4.69) is 15.2 Å². The number of benzene rings is 3. The van der Waals surface area contributed by atoms with Gasteiger partial charge in [-0.25, -0.2) is 9.97 Å². The van der Waals surface area contributed by atoms with Gasteiger partial charge < -0.3 is 10.2 Å². The van der Waals surface area contributed by atoms with Crippen molar-refractivity contribution in [3.8, 4) is 0 Å². The first-order valence-corrected chi connectivity index (χ1v) is 11.7. The topological polar surface area (TPSA) is 75.2 Å². The Morgan fingerprint density at radius 1 is 0.824 bits per heavy atom. The third-order valence-electron chi connectivity index (χ3n) is 5.93. The molecule has 1 aromatic heterocycles. The zero-order chi connectivity index (χ0) is 23.5. The number of carbonyl (C=O) groups is 2. The number of amides is 1. The van der Waals surface area contributed by atoms with Crippen molar-refractivity contribution in [3.05, 3.63) is 94.6 Å². The minimum atomic E-state index is -0.414. The van der Waals surface area contributed by atoms with E-state index >= 15 is 0 Å². The van der Waals surface area contributed by atoms with Crippen LogP contribution in [0, 0.1) is 0 Å². The molecule has 0 bridgehead atoms. The van der Waals surface area contributed by atoms with E-state index in [4.69, 9.17) is 16.6 Å². The number of para-hydroxylation sites is 2. The lowest BCUT2D eigenvalue weighted by molar-refractivity contribution is 0.102. The van der Waals surface area contributed by atoms with Crippen LogP contribution in [0.5, 0.6) is 0 Å². The summed E-state index contributed by atoms with van der Waals surface area (Å²) in [7, 11) is 0. The third kappa shape index (κ3) is 4.50. The van der Waals surface area contributed by atoms with Crippen molar-refractivity contribution < 1.29 is 9.59 Å². The highest BCUT2D eigenvalue weighted by Crippen LogP contribution is 2.27. The fraction of sp³-hybridized carbons (Fsp3) is 0.185. The summed E-state index contributed by atoms with van der Waals surface area (Å²) in [6.45, 7) is 1.65. The summed E-state index contributed by atoms with van der Waals surface area (Å²) in [6, 6.07) is 21.3. The van der Waals surface area contributed by atoms with E-state index < -0.39 is 5.91 Å². The molecule has 0 unspecified atom stereocenters. The average Bonchev–Trinajstić information content (AvgIpc) is 2.89. The Labute approximate surface area is 202 Å². The van der Waals surface area contributed by atoms with E-state index in [-0.39, 0.29) is 11.5 Å². The van der Waals surface area contributed by atoms with Gasteiger partial charge in [0.05, 0.1) is 16.7 Å². The van der Waals surface area contributed by atoms with E-state index in [0.29, 0.717) is 33.2 Å². The van der Waals surface area contributed by atoms with E-state index in [0.717, 1.165) is 37.9 Å². The molecule has 0 aliphatic carbocycles. The summed E-state index contributed by atoms with van der Waals surface area (Å²) in [5, 5.41) is 3.32. The summed E-state index contributed by atoms with van der Waals surface area (Å²) in [4.78, 5) is 38.3. The van der Waals surface area contributed by atoms with E-state index in [9.17, 15) is 9.59 Å². The van der Waals surface area contributed by atoms with Crippen molar-refractivity contribution >= 4 is 45.8 Å². The van der Waals surface area contributed by atoms with Gasteiger partial charge in [-0.2, -0.15) is 0 Å². The maximum Gasteiger partial charge on any atom is 0.278 e. The highest BCUT2D eigenvalue weighted by Gasteiger charge is 2.24. The molecule has 34 heavy (non-hydrogen) atoms. The number of fused-ring (bicyclic) bond motifs is 1. The molecule has 5 rings (SSSR count). The quantitative estimate of drug-likeness (QED) is 0.375. The summed E-state index contributed by atoms with van der Waals surface area (Å²) in [6.07, 6.45) is 3.25. The average molecular weight is 471 g/mol. The number of rotatable bonds is 5. The van der Waals surface area contributed by atoms with E-state index in [1.807, 2.05) is 30.3 Å². The molecule has 1 aliphatic heterocycles. The first kappa shape index (κ1) is 22.0. The van der Waals surface area contributed by atoms with Crippen LogP contribution < -0.4 is 10.2 Å². The molecular weight excluding hydrogens is 448 g/mol. The maximum absolute atomic E-state index is 13.5. The molecule has 2 heterocycles. The SMILES string of the molecule is O=C(c1ccccc1)c1cc(Cl)ccc1NC(=O)c1nc2ccccc2nc1N1CCCCC1. The zero-order valence-corrected chi connectivity index (χ0v) is 19.3. The second-order valence-electron chi connectivity index (χ2n) is 8.27. The first-order chi connectivity index (χ1) is 16.6. The van der Waals surface area contributed by atoms with Crippen LogP contribution in [0.1, 0.15) is 45.7 Å². The number of aromatic nitrogens is 2. The molecule has 1 aliphatic rings. The number of nitrogens with zero attached hydrogens (tertiary/aromatic N) is 3. The van der Waals surface area contributed by atoms with Crippen LogP contribution in [0.25, 0.3) is 11.0 Å². The number of carbonyl (C=O) groups excluding carboxylic acids is 2. The van der Waals surface area contributed by atoms with Gasteiger partial charge in [0.2, 0.25) is 0 Å². The lowest BCUT2D eigenvalue weighted by atomic mass is 10.0. The highest BCUT2D eigenvalue weighted by atomic mass is 35.5. The summed E-state index contributed by atoms with van der Waals surface area (Å²) < 4.78 is 0. The van der Waals surface area contributed by atoms with Crippen LogP contribution in [0.4, 0.5) is 11.5 Å². The summed E-state index contributed by atoms with van der Waals surface area (Å²) in [5.41, 5.74) is 2.84. The first-order valence-electron chi connectivity index (χ1n) is 11.3.